The fourth-order valence-electron chi connectivity index (χ4n) is 3.49. The van der Waals surface area contributed by atoms with Crippen LogP contribution in [0.4, 0.5) is 27.6 Å². The van der Waals surface area contributed by atoms with Crippen LogP contribution >= 0.6 is 11.6 Å². The topological polar surface area (TPSA) is 82.5 Å². The number of imidazole rings is 1. The van der Waals surface area contributed by atoms with Crippen molar-refractivity contribution in [2.24, 2.45) is 7.05 Å². The molecular weight excluding hydrogens is 525 g/mol. The number of nitrogens with zero attached hydrogens (tertiary/aromatic N) is 2. The fraction of sp³-hybridized carbons (Fsp3) is 0.292. The van der Waals surface area contributed by atoms with Gasteiger partial charge in [-0.05, 0) is 37.6 Å². The van der Waals surface area contributed by atoms with Gasteiger partial charge in [0.2, 0.25) is 0 Å². The maximum Gasteiger partial charge on any atom is 0.425 e. The van der Waals surface area contributed by atoms with E-state index >= 15 is 4.39 Å². The third-order valence-corrected chi connectivity index (χ3v) is 5.76. The molecule has 1 unspecified atom stereocenters. The smallest absolute Gasteiger partial charge is 0.425 e. The number of nitrogens with one attached hydrogen (secondary N) is 1. The quantitative estimate of drug-likeness (QED) is 0.293. The number of alkyl halides is 3. The molecule has 2 aromatic carbocycles. The molecule has 0 saturated carbocycles. The molecule has 37 heavy (non-hydrogen) atoms. The van der Waals surface area contributed by atoms with Crippen LogP contribution in [0.15, 0.2) is 30.3 Å². The van der Waals surface area contributed by atoms with Crippen molar-refractivity contribution in [3.63, 3.8) is 0 Å². The highest BCUT2D eigenvalue weighted by molar-refractivity contribution is 6.34. The first-order valence-corrected chi connectivity index (χ1v) is 11.1. The second-order valence-electron chi connectivity index (χ2n) is 7.82. The van der Waals surface area contributed by atoms with Gasteiger partial charge in [0.05, 0.1) is 34.6 Å². The van der Waals surface area contributed by atoms with Crippen LogP contribution in [0, 0.1) is 11.6 Å². The van der Waals surface area contributed by atoms with Crippen LogP contribution < -0.4 is 10.1 Å². The second kappa shape index (κ2) is 10.8. The normalized spacial score (nSPS) is 12.3. The van der Waals surface area contributed by atoms with Gasteiger partial charge < -0.3 is 19.4 Å². The fourth-order valence-corrected chi connectivity index (χ4v) is 3.70. The van der Waals surface area contributed by atoms with E-state index in [1.807, 2.05) is 0 Å². The number of benzene rings is 2. The van der Waals surface area contributed by atoms with Gasteiger partial charge in [-0.3, -0.25) is 4.79 Å². The molecule has 3 rings (SSSR count). The zero-order valence-electron chi connectivity index (χ0n) is 20.0. The number of carbonyl (C=O) groups excluding carboxylic acids is 2. The molecule has 1 heterocycles. The van der Waals surface area contributed by atoms with Crippen molar-refractivity contribution in [3.8, 4) is 17.1 Å². The summed E-state index contributed by atoms with van der Waals surface area (Å²) >= 11 is 5.91. The summed E-state index contributed by atoms with van der Waals surface area (Å²) < 4.78 is 80.4. The first kappa shape index (κ1) is 27.9. The molecule has 1 atom stereocenters. The lowest BCUT2D eigenvalue weighted by atomic mass is 10.1. The summed E-state index contributed by atoms with van der Waals surface area (Å²) in [6.45, 7) is 2.41. The first-order valence-electron chi connectivity index (χ1n) is 10.8. The Labute approximate surface area is 213 Å². The number of hydrogen-bond donors (Lipinski definition) is 1. The van der Waals surface area contributed by atoms with Gasteiger partial charge in [0.15, 0.2) is 11.8 Å². The average molecular weight is 546 g/mol. The van der Waals surface area contributed by atoms with E-state index in [1.54, 1.807) is 6.92 Å². The van der Waals surface area contributed by atoms with Crippen LogP contribution in [-0.2, 0) is 18.2 Å². The van der Waals surface area contributed by atoms with Crippen molar-refractivity contribution >= 4 is 29.2 Å². The Hall–Kier alpha value is -3.67. The van der Waals surface area contributed by atoms with Gasteiger partial charge in [0, 0.05) is 7.05 Å². The second-order valence-corrected chi connectivity index (χ2v) is 8.22. The molecule has 3 aromatic rings. The number of halogens is 6. The Morgan fingerprint density at radius 1 is 1.19 bits per heavy atom. The maximum absolute atomic E-state index is 15.3. The van der Waals surface area contributed by atoms with E-state index in [1.165, 1.54) is 23.7 Å². The van der Waals surface area contributed by atoms with Crippen LogP contribution in [-0.4, -0.2) is 40.8 Å². The summed E-state index contributed by atoms with van der Waals surface area (Å²) in [4.78, 5) is 29.2. The van der Waals surface area contributed by atoms with Crippen molar-refractivity contribution in [2.75, 3.05) is 12.4 Å². The number of hydrogen-bond acceptors (Lipinski definition) is 5. The van der Waals surface area contributed by atoms with Crippen LogP contribution in [0.2, 0.25) is 5.02 Å². The number of para-hydroxylation sites is 1. The number of aromatic nitrogens is 2. The predicted molar refractivity (Wildman–Crippen MR) is 125 cm³/mol. The molecule has 198 valence electrons. The van der Waals surface area contributed by atoms with E-state index in [0.29, 0.717) is 25.1 Å². The summed E-state index contributed by atoms with van der Waals surface area (Å²) in [5.74, 6) is -4.73. The minimum atomic E-state index is -4.83. The zero-order valence-corrected chi connectivity index (χ0v) is 20.7. The van der Waals surface area contributed by atoms with Crippen molar-refractivity contribution < 1.29 is 41.0 Å². The number of anilines is 1. The number of rotatable bonds is 7. The Morgan fingerprint density at radius 2 is 1.86 bits per heavy atom. The highest BCUT2D eigenvalue weighted by atomic mass is 35.5. The molecule has 13 heteroatoms. The van der Waals surface area contributed by atoms with Crippen LogP contribution in [0.3, 0.4) is 0 Å². The Balaban J connectivity index is 2.18. The van der Waals surface area contributed by atoms with Crippen molar-refractivity contribution in [2.45, 2.75) is 32.5 Å². The number of methoxy groups -OCH3 is 1. The lowest BCUT2D eigenvalue weighted by molar-refractivity contribution is -0.189. The molecule has 0 bridgehead atoms. The van der Waals surface area contributed by atoms with Gasteiger partial charge in [-0.1, -0.05) is 24.6 Å². The van der Waals surface area contributed by atoms with E-state index in [9.17, 15) is 27.2 Å². The van der Waals surface area contributed by atoms with Crippen molar-refractivity contribution in [1.29, 1.82) is 0 Å². The Morgan fingerprint density at radius 3 is 2.43 bits per heavy atom. The molecule has 1 aromatic heterocycles. The number of carbonyl (C=O) groups is 2. The molecule has 0 aliphatic rings. The summed E-state index contributed by atoms with van der Waals surface area (Å²) in [5, 5.41) is 1.95. The monoisotopic (exact) mass is 545 g/mol. The number of esters is 1. The first-order chi connectivity index (χ1) is 17.3. The SMILES string of the molecule is CCc1c(C(=O)OC)nc(-c2cc(OC(C)C(F)(F)F)c(C(=O)Nc3c(F)cccc3Cl)cc2F)n1C. The molecule has 0 saturated heterocycles. The van der Waals surface area contributed by atoms with Crippen molar-refractivity contribution in [1.82, 2.24) is 9.55 Å². The number of amides is 1. The predicted octanol–water partition coefficient (Wildman–Crippen LogP) is 5.95. The molecule has 0 fully saturated rings. The largest absolute Gasteiger partial charge is 0.480 e. The molecular formula is C24H21ClF5N3O4. The van der Waals surface area contributed by atoms with E-state index in [-0.39, 0.29) is 22.1 Å². The zero-order chi connectivity index (χ0) is 27.7. The average Bonchev–Trinajstić information content (AvgIpc) is 3.16. The molecule has 0 spiro atoms. The van der Waals surface area contributed by atoms with Crippen molar-refractivity contribution in [3.05, 3.63) is 63.9 Å². The molecule has 0 radical (unpaired) electrons. The van der Waals surface area contributed by atoms with Gasteiger partial charge in [-0.25, -0.2) is 18.6 Å². The van der Waals surface area contributed by atoms with Gasteiger partial charge >= 0.3 is 12.1 Å². The Kier molecular flexibility index (Phi) is 8.11. The van der Waals surface area contributed by atoms with Gasteiger partial charge in [0.25, 0.3) is 5.91 Å². The number of ether oxygens (including phenoxy) is 2. The highest BCUT2D eigenvalue weighted by Gasteiger charge is 2.39. The standard InChI is InChI=1S/C24H21ClF5N3O4/c1-5-17-20(23(35)36-4)31-21(33(17)3)12-10-18(37-11(2)24(28,29)30)13(9-16(12)27)22(34)32-19-14(25)7-6-8-15(19)26/h6-11H,5H2,1-4H3,(H,32,34). The molecule has 1 N–H and O–H groups in total. The van der Waals surface area contributed by atoms with Crippen LogP contribution in [0.5, 0.6) is 5.75 Å². The summed E-state index contributed by atoms with van der Waals surface area (Å²) in [6.07, 6.45) is -6.92. The van der Waals surface area contributed by atoms with E-state index in [2.05, 4.69) is 10.3 Å². The summed E-state index contributed by atoms with van der Waals surface area (Å²) in [5.41, 5.74) is -1.19. The van der Waals surface area contributed by atoms with E-state index < -0.39 is 52.8 Å². The lowest BCUT2D eigenvalue weighted by Crippen LogP contribution is -2.32. The van der Waals surface area contributed by atoms with Crippen LogP contribution in [0.25, 0.3) is 11.4 Å². The lowest BCUT2D eigenvalue weighted by Gasteiger charge is -2.21. The minimum Gasteiger partial charge on any atom is -0.480 e. The summed E-state index contributed by atoms with van der Waals surface area (Å²) in [6, 6.07) is 5.05. The minimum absolute atomic E-state index is 0.107. The molecule has 0 aliphatic heterocycles. The van der Waals surface area contributed by atoms with Gasteiger partial charge in [-0.2, -0.15) is 13.2 Å². The summed E-state index contributed by atoms with van der Waals surface area (Å²) in [7, 11) is 2.61. The highest BCUT2D eigenvalue weighted by Crippen LogP contribution is 2.35. The Bertz CT molecular complexity index is 1340. The third kappa shape index (κ3) is 5.68. The van der Waals surface area contributed by atoms with Gasteiger partial charge in [-0.15, -0.1) is 0 Å². The third-order valence-electron chi connectivity index (χ3n) is 5.45. The molecule has 0 aliphatic carbocycles. The van der Waals surface area contributed by atoms with E-state index in [4.69, 9.17) is 21.1 Å². The molecule has 1 amide bonds. The van der Waals surface area contributed by atoms with Gasteiger partial charge in [0.1, 0.15) is 23.2 Å². The maximum atomic E-state index is 15.3. The van der Waals surface area contributed by atoms with Crippen LogP contribution in [0.1, 0.15) is 40.4 Å². The van der Waals surface area contributed by atoms with E-state index in [0.717, 1.165) is 19.2 Å². The molecule has 7 nitrogen and oxygen atoms in total.